The van der Waals surface area contributed by atoms with Gasteiger partial charge in [0.15, 0.2) is 0 Å². The number of aryl methyl sites for hydroxylation is 1. The Hall–Kier alpha value is -1.31. The summed E-state index contributed by atoms with van der Waals surface area (Å²) in [6.07, 6.45) is 2.27. The molecule has 1 aromatic rings. The molecule has 16 heavy (non-hydrogen) atoms. The van der Waals surface area contributed by atoms with Crippen LogP contribution in [0, 0.1) is 6.92 Å². The summed E-state index contributed by atoms with van der Waals surface area (Å²) >= 11 is 0. The lowest BCUT2D eigenvalue weighted by molar-refractivity contribution is 0.0951. The van der Waals surface area contributed by atoms with Crippen LogP contribution < -0.4 is 5.32 Å². The molecule has 0 spiro atoms. The first-order valence-electron chi connectivity index (χ1n) is 5.99. The van der Waals surface area contributed by atoms with Gasteiger partial charge >= 0.3 is 0 Å². The minimum atomic E-state index is 0.0735. The molecule has 0 bridgehead atoms. The summed E-state index contributed by atoms with van der Waals surface area (Å²) < 4.78 is 0. The average Bonchev–Trinajstić information content (AvgIpc) is 3.01. The van der Waals surface area contributed by atoms with Crippen LogP contribution >= 0.6 is 0 Å². The van der Waals surface area contributed by atoms with E-state index in [0.717, 1.165) is 18.4 Å². The highest BCUT2D eigenvalue weighted by atomic mass is 16.1. The monoisotopic (exact) mass is 217 g/mol. The molecule has 1 amide bonds. The number of hydrogen-bond donors (Lipinski definition) is 1. The van der Waals surface area contributed by atoms with Crippen molar-refractivity contribution < 1.29 is 4.79 Å². The lowest BCUT2D eigenvalue weighted by Crippen LogP contribution is -2.25. The van der Waals surface area contributed by atoms with E-state index < -0.39 is 0 Å². The molecule has 2 nitrogen and oxygen atoms in total. The molecule has 1 aromatic carbocycles. The first kappa shape index (κ1) is 11.2. The van der Waals surface area contributed by atoms with Gasteiger partial charge in [-0.25, -0.2) is 0 Å². The Kier molecular flexibility index (Phi) is 2.99. The molecule has 0 unspecified atom stereocenters. The predicted molar refractivity (Wildman–Crippen MR) is 65.8 cm³/mol. The van der Waals surface area contributed by atoms with E-state index >= 15 is 0 Å². The number of nitrogens with one attached hydrogen (secondary N) is 1. The van der Waals surface area contributed by atoms with E-state index in [-0.39, 0.29) is 5.91 Å². The fourth-order valence-electron chi connectivity index (χ4n) is 1.90. The first-order chi connectivity index (χ1) is 7.58. The van der Waals surface area contributed by atoms with E-state index in [0.29, 0.717) is 12.0 Å². The van der Waals surface area contributed by atoms with E-state index in [9.17, 15) is 4.79 Å². The number of carbonyl (C=O) groups excluding carboxylic acids is 1. The first-order valence-corrected chi connectivity index (χ1v) is 5.99. The molecular weight excluding hydrogens is 198 g/mol. The fraction of sp³-hybridized carbons (Fsp3) is 0.500. The summed E-state index contributed by atoms with van der Waals surface area (Å²) in [5.41, 5.74) is 3.32. The van der Waals surface area contributed by atoms with Crippen LogP contribution in [0.15, 0.2) is 18.2 Å². The SMILES string of the molecule is Cc1ccc(C(=O)NC2CC2)cc1C(C)C. The number of amides is 1. The van der Waals surface area contributed by atoms with E-state index in [1.807, 2.05) is 18.2 Å². The summed E-state index contributed by atoms with van der Waals surface area (Å²) in [5, 5.41) is 3.02. The third-order valence-corrected chi connectivity index (χ3v) is 3.08. The molecule has 1 N–H and O–H groups in total. The van der Waals surface area contributed by atoms with E-state index in [1.54, 1.807) is 0 Å². The zero-order valence-electron chi connectivity index (χ0n) is 10.2. The van der Waals surface area contributed by atoms with Gasteiger partial charge in [-0.05, 0) is 48.9 Å². The van der Waals surface area contributed by atoms with Crippen LogP contribution in [0.5, 0.6) is 0 Å². The Morgan fingerprint density at radius 3 is 2.62 bits per heavy atom. The summed E-state index contributed by atoms with van der Waals surface area (Å²) in [7, 11) is 0. The van der Waals surface area contributed by atoms with Crippen molar-refractivity contribution in [1.29, 1.82) is 0 Å². The molecule has 0 aromatic heterocycles. The van der Waals surface area contributed by atoms with Crippen LogP contribution in [0.2, 0.25) is 0 Å². The molecule has 0 aliphatic heterocycles. The second-order valence-electron chi connectivity index (χ2n) is 4.97. The molecule has 1 aliphatic rings. The van der Waals surface area contributed by atoms with Crippen molar-refractivity contribution in [3.05, 3.63) is 34.9 Å². The lowest BCUT2D eigenvalue weighted by Gasteiger charge is -2.11. The minimum absolute atomic E-state index is 0.0735. The Labute approximate surface area is 97.1 Å². The lowest BCUT2D eigenvalue weighted by atomic mass is 9.95. The summed E-state index contributed by atoms with van der Waals surface area (Å²) in [4.78, 5) is 11.9. The minimum Gasteiger partial charge on any atom is -0.349 e. The van der Waals surface area contributed by atoms with Crippen LogP contribution in [-0.4, -0.2) is 11.9 Å². The summed E-state index contributed by atoms with van der Waals surface area (Å²) in [5.74, 6) is 0.540. The Bertz CT molecular complexity index is 405. The van der Waals surface area contributed by atoms with Crippen LogP contribution in [0.1, 0.15) is 54.1 Å². The zero-order chi connectivity index (χ0) is 11.7. The van der Waals surface area contributed by atoms with Gasteiger partial charge in [0.25, 0.3) is 5.91 Å². The van der Waals surface area contributed by atoms with Crippen molar-refractivity contribution in [2.45, 2.75) is 45.6 Å². The van der Waals surface area contributed by atoms with Gasteiger partial charge in [0.2, 0.25) is 0 Å². The largest absolute Gasteiger partial charge is 0.349 e. The molecule has 0 atom stereocenters. The number of rotatable bonds is 3. The van der Waals surface area contributed by atoms with Crippen LogP contribution in [0.3, 0.4) is 0 Å². The third-order valence-electron chi connectivity index (χ3n) is 3.08. The number of benzene rings is 1. The maximum Gasteiger partial charge on any atom is 0.251 e. The molecule has 1 saturated carbocycles. The van der Waals surface area contributed by atoms with Crippen LogP contribution in [-0.2, 0) is 0 Å². The second kappa shape index (κ2) is 4.28. The molecule has 1 aliphatic carbocycles. The van der Waals surface area contributed by atoms with Gasteiger partial charge in [0.1, 0.15) is 0 Å². The van der Waals surface area contributed by atoms with Crippen molar-refractivity contribution >= 4 is 5.91 Å². The molecular formula is C14H19NO. The second-order valence-corrected chi connectivity index (χ2v) is 4.97. The van der Waals surface area contributed by atoms with Gasteiger partial charge in [-0.2, -0.15) is 0 Å². The fourth-order valence-corrected chi connectivity index (χ4v) is 1.90. The summed E-state index contributed by atoms with van der Waals surface area (Å²) in [6.45, 7) is 6.41. The zero-order valence-corrected chi connectivity index (χ0v) is 10.2. The van der Waals surface area contributed by atoms with E-state index in [2.05, 4.69) is 26.1 Å². The van der Waals surface area contributed by atoms with Crippen molar-refractivity contribution in [3.63, 3.8) is 0 Å². The molecule has 2 rings (SSSR count). The molecule has 86 valence electrons. The highest BCUT2D eigenvalue weighted by Crippen LogP contribution is 2.22. The molecule has 2 heteroatoms. The number of carbonyl (C=O) groups is 1. The maximum atomic E-state index is 11.9. The van der Waals surface area contributed by atoms with Gasteiger partial charge in [-0.1, -0.05) is 19.9 Å². The van der Waals surface area contributed by atoms with Crippen LogP contribution in [0.4, 0.5) is 0 Å². The predicted octanol–water partition coefficient (Wildman–Crippen LogP) is 3.01. The molecule has 0 radical (unpaired) electrons. The van der Waals surface area contributed by atoms with Crippen LogP contribution in [0.25, 0.3) is 0 Å². The molecule has 0 saturated heterocycles. The van der Waals surface area contributed by atoms with Gasteiger partial charge in [-0.3, -0.25) is 4.79 Å². The highest BCUT2D eigenvalue weighted by Gasteiger charge is 2.23. The topological polar surface area (TPSA) is 29.1 Å². The van der Waals surface area contributed by atoms with Crippen molar-refractivity contribution in [3.8, 4) is 0 Å². The Morgan fingerprint density at radius 2 is 2.06 bits per heavy atom. The van der Waals surface area contributed by atoms with Gasteiger partial charge in [0.05, 0.1) is 0 Å². The standard InChI is InChI=1S/C14H19NO/c1-9(2)13-8-11(5-4-10(13)3)14(16)15-12-6-7-12/h4-5,8-9,12H,6-7H2,1-3H3,(H,15,16). The van der Waals surface area contributed by atoms with Crippen molar-refractivity contribution in [2.24, 2.45) is 0 Å². The van der Waals surface area contributed by atoms with Crippen molar-refractivity contribution in [1.82, 2.24) is 5.32 Å². The van der Waals surface area contributed by atoms with Gasteiger partial charge < -0.3 is 5.32 Å². The average molecular weight is 217 g/mol. The van der Waals surface area contributed by atoms with Gasteiger partial charge in [-0.15, -0.1) is 0 Å². The summed E-state index contributed by atoms with van der Waals surface area (Å²) in [6, 6.07) is 6.41. The molecule has 0 heterocycles. The molecule has 1 fully saturated rings. The highest BCUT2D eigenvalue weighted by molar-refractivity contribution is 5.94. The Balaban J connectivity index is 2.20. The normalized spacial score (nSPS) is 15.2. The van der Waals surface area contributed by atoms with E-state index in [1.165, 1.54) is 11.1 Å². The third kappa shape index (κ3) is 2.43. The number of hydrogen-bond acceptors (Lipinski definition) is 1. The smallest absolute Gasteiger partial charge is 0.251 e. The van der Waals surface area contributed by atoms with Gasteiger partial charge in [0, 0.05) is 11.6 Å². The van der Waals surface area contributed by atoms with E-state index in [4.69, 9.17) is 0 Å². The Morgan fingerprint density at radius 1 is 1.38 bits per heavy atom. The van der Waals surface area contributed by atoms with Crippen molar-refractivity contribution in [2.75, 3.05) is 0 Å². The quantitative estimate of drug-likeness (QED) is 0.828. The maximum absolute atomic E-state index is 11.9.